The highest BCUT2D eigenvalue weighted by molar-refractivity contribution is 7.47. The molecule has 0 heterocycles. The zero-order valence-corrected chi connectivity index (χ0v) is 34.5. The van der Waals surface area contributed by atoms with Gasteiger partial charge in [0.25, 0.3) is 0 Å². The van der Waals surface area contributed by atoms with Crippen molar-refractivity contribution in [3.05, 3.63) is 24.8 Å². The van der Waals surface area contributed by atoms with Crippen LogP contribution >= 0.6 is 7.82 Å². The Kier molecular flexibility index (Phi) is 37.6. The van der Waals surface area contributed by atoms with Crippen LogP contribution in [0.4, 0.5) is 0 Å². The second-order valence-electron chi connectivity index (χ2n) is 14.4. The molecule has 0 saturated carbocycles. The first-order valence-electron chi connectivity index (χ1n) is 21.3. The molecule has 0 fully saturated rings. The van der Waals surface area contributed by atoms with E-state index in [0.717, 1.165) is 64.2 Å². The Hall–Kier alpha value is -1.55. The molecular formula is C42H79O10P. The Labute approximate surface area is 323 Å². The lowest BCUT2D eigenvalue weighted by molar-refractivity contribution is -0.161. The SMILES string of the molecule is C=CCCCCCCCCCCCCCCCC(=O)OC[C@H](COP(=O)(O)OC[C@@H](O)CO)OC(=O)CCCCCCC/C=C/CCCCCCCC. The number of unbranched alkanes of at least 4 members (excludes halogenated alkanes) is 24. The maximum Gasteiger partial charge on any atom is 0.472 e. The van der Waals surface area contributed by atoms with Gasteiger partial charge in [0.2, 0.25) is 0 Å². The second-order valence-corrected chi connectivity index (χ2v) is 15.9. The van der Waals surface area contributed by atoms with Gasteiger partial charge in [0, 0.05) is 12.8 Å². The molecule has 0 aromatic rings. The van der Waals surface area contributed by atoms with Crippen LogP contribution in [0, 0.1) is 0 Å². The number of ether oxygens (including phenoxy) is 2. The van der Waals surface area contributed by atoms with E-state index >= 15 is 0 Å². The Balaban J connectivity index is 4.29. The zero-order chi connectivity index (χ0) is 39.1. The third kappa shape index (κ3) is 38.5. The normalized spacial score (nSPS) is 13.9. The highest BCUT2D eigenvalue weighted by atomic mass is 31.2. The van der Waals surface area contributed by atoms with Crippen molar-refractivity contribution in [1.82, 2.24) is 0 Å². The first-order chi connectivity index (χ1) is 25.7. The summed E-state index contributed by atoms with van der Waals surface area (Å²) in [6.07, 6.45) is 36.0. The first kappa shape index (κ1) is 51.5. The summed E-state index contributed by atoms with van der Waals surface area (Å²) in [4.78, 5) is 34.9. The van der Waals surface area contributed by atoms with E-state index < -0.39 is 51.8 Å². The Morgan fingerprint density at radius 2 is 1.02 bits per heavy atom. The predicted octanol–water partition coefficient (Wildman–Crippen LogP) is 11.0. The fraction of sp³-hybridized carbons (Fsp3) is 0.857. The predicted molar refractivity (Wildman–Crippen MR) is 215 cm³/mol. The molecule has 0 amide bonds. The van der Waals surface area contributed by atoms with E-state index in [0.29, 0.717) is 12.8 Å². The van der Waals surface area contributed by atoms with Crippen molar-refractivity contribution in [1.29, 1.82) is 0 Å². The van der Waals surface area contributed by atoms with E-state index in [9.17, 15) is 24.2 Å². The molecule has 10 nitrogen and oxygen atoms in total. The molecule has 0 aromatic heterocycles. The number of phosphoric ester groups is 1. The zero-order valence-electron chi connectivity index (χ0n) is 33.6. The van der Waals surface area contributed by atoms with Gasteiger partial charge in [-0.1, -0.05) is 147 Å². The Morgan fingerprint density at radius 3 is 1.49 bits per heavy atom. The van der Waals surface area contributed by atoms with Gasteiger partial charge in [-0.05, 0) is 51.4 Å². The van der Waals surface area contributed by atoms with Crippen LogP contribution < -0.4 is 0 Å². The monoisotopic (exact) mass is 775 g/mol. The number of phosphoric acid groups is 1. The van der Waals surface area contributed by atoms with Crippen LogP contribution in [0.1, 0.15) is 193 Å². The lowest BCUT2D eigenvalue weighted by Gasteiger charge is -2.20. The van der Waals surface area contributed by atoms with Crippen molar-refractivity contribution < 1.29 is 47.8 Å². The molecule has 0 aliphatic carbocycles. The van der Waals surface area contributed by atoms with Crippen LogP contribution in [0.2, 0.25) is 0 Å². The molecule has 11 heteroatoms. The molecule has 0 saturated heterocycles. The van der Waals surface area contributed by atoms with Crippen molar-refractivity contribution in [2.45, 2.75) is 205 Å². The fourth-order valence-electron chi connectivity index (χ4n) is 5.91. The summed E-state index contributed by atoms with van der Waals surface area (Å²) in [5.41, 5.74) is 0. The summed E-state index contributed by atoms with van der Waals surface area (Å²) < 4.78 is 32.7. The molecule has 0 bridgehead atoms. The van der Waals surface area contributed by atoms with Gasteiger partial charge >= 0.3 is 19.8 Å². The average molecular weight is 775 g/mol. The van der Waals surface area contributed by atoms with Gasteiger partial charge in [0.15, 0.2) is 6.10 Å². The van der Waals surface area contributed by atoms with E-state index in [4.69, 9.17) is 19.1 Å². The molecule has 0 spiro atoms. The number of rotatable bonds is 41. The summed E-state index contributed by atoms with van der Waals surface area (Å²) >= 11 is 0. The molecule has 0 aliphatic rings. The summed E-state index contributed by atoms with van der Waals surface area (Å²) in [7, 11) is -4.61. The number of aliphatic hydroxyl groups is 2. The minimum Gasteiger partial charge on any atom is -0.462 e. The van der Waals surface area contributed by atoms with Crippen LogP contribution in [0.25, 0.3) is 0 Å². The molecule has 3 atom stereocenters. The molecule has 0 rings (SSSR count). The number of aliphatic hydroxyl groups excluding tert-OH is 2. The van der Waals surface area contributed by atoms with E-state index in [-0.39, 0.29) is 19.4 Å². The number of allylic oxidation sites excluding steroid dienone is 3. The summed E-state index contributed by atoms with van der Waals surface area (Å²) in [5.74, 6) is -0.932. The van der Waals surface area contributed by atoms with Gasteiger partial charge in [-0.2, -0.15) is 0 Å². The quantitative estimate of drug-likeness (QED) is 0.0237. The van der Waals surface area contributed by atoms with Gasteiger partial charge in [-0.3, -0.25) is 18.6 Å². The maximum atomic E-state index is 12.6. The van der Waals surface area contributed by atoms with E-state index in [1.807, 2.05) is 6.08 Å². The highest BCUT2D eigenvalue weighted by Gasteiger charge is 2.27. The van der Waals surface area contributed by atoms with E-state index in [2.05, 4.69) is 30.2 Å². The number of hydrogen-bond donors (Lipinski definition) is 3. The molecule has 3 N–H and O–H groups in total. The summed E-state index contributed by atoms with van der Waals surface area (Å²) in [6.45, 7) is 3.89. The fourth-order valence-corrected chi connectivity index (χ4v) is 6.70. The average Bonchev–Trinajstić information content (AvgIpc) is 3.14. The topological polar surface area (TPSA) is 149 Å². The van der Waals surface area contributed by atoms with Crippen molar-refractivity contribution in [2.75, 3.05) is 26.4 Å². The Bertz CT molecular complexity index is 928. The third-order valence-corrected chi connectivity index (χ3v) is 10.2. The number of hydrogen-bond acceptors (Lipinski definition) is 9. The first-order valence-corrected chi connectivity index (χ1v) is 22.7. The van der Waals surface area contributed by atoms with Crippen LogP contribution in [0.15, 0.2) is 24.8 Å². The standard InChI is InChI=1S/C42H79O10P/c1-3-5-7-9-11-13-15-17-19-21-23-25-27-29-31-33-41(45)49-37-40(38-51-53(47,48)50-36-39(44)35-43)52-42(46)34-32-30-28-26-24-22-20-18-16-14-12-10-8-6-4-2/h3,18,20,39-40,43-44H,1,4-17,19,21-38H2,2H3,(H,47,48)/b20-18+/t39-,40+/m0/s1. The van der Waals surface area contributed by atoms with E-state index in [1.165, 1.54) is 96.3 Å². The molecule has 312 valence electrons. The van der Waals surface area contributed by atoms with Crippen LogP contribution in [0.3, 0.4) is 0 Å². The summed E-state index contributed by atoms with van der Waals surface area (Å²) in [6, 6.07) is 0. The van der Waals surface area contributed by atoms with Crippen LogP contribution in [-0.4, -0.2) is 65.7 Å². The van der Waals surface area contributed by atoms with Crippen molar-refractivity contribution in [3.8, 4) is 0 Å². The van der Waals surface area contributed by atoms with Gasteiger partial charge in [0.1, 0.15) is 12.7 Å². The number of carbonyl (C=O) groups is 2. The largest absolute Gasteiger partial charge is 0.472 e. The number of carbonyl (C=O) groups excluding carboxylic acids is 2. The Morgan fingerprint density at radius 1 is 0.604 bits per heavy atom. The van der Waals surface area contributed by atoms with Gasteiger partial charge in [-0.15, -0.1) is 6.58 Å². The van der Waals surface area contributed by atoms with Crippen molar-refractivity contribution in [2.24, 2.45) is 0 Å². The molecule has 0 aliphatic heterocycles. The minimum atomic E-state index is -4.61. The maximum absolute atomic E-state index is 12.6. The molecule has 53 heavy (non-hydrogen) atoms. The lowest BCUT2D eigenvalue weighted by Crippen LogP contribution is -2.29. The van der Waals surface area contributed by atoms with Crippen molar-refractivity contribution in [3.63, 3.8) is 0 Å². The van der Waals surface area contributed by atoms with Crippen molar-refractivity contribution >= 4 is 19.8 Å². The van der Waals surface area contributed by atoms with Gasteiger partial charge in [-0.25, -0.2) is 4.57 Å². The van der Waals surface area contributed by atoms with E-state index in [1.54, 1.807) is 0 Å². The third-order valence-electron chi connectivity index (χ3n) is 9.22. The smallest absolute Gasteiger partial charge is 0.462 e. The minimum absolute atomic E-state index is 0.176. The van der Waals surface area contributed by atoms with Crippen LogP contribution in [-0.2, 0) is 32.7 Å². The van der Waals surface area contributed by atoms with Gasteiger partial charge < -0.3 is 24.6 Å². The lowest BCUT2D eigenvalue weighted by atomic mass is 10.0. The molecular weight excluding hydrogens is 695 g/mol. The molecule has 0 aromatic carbocycles. The molecule has 0 radical (unpaired) electrons. The summed E-state index contributed by atoms with van der Waals surface area (Å²) in [5, 5.41) is 18.3. The number of esters is 2. The van der Waals surface area contributed by atoms with Gasteiger partial charge in [0.05, 0.1) is 19.8 Å². The molecule has 1 unspecified atom stereocenters. The second kappa shape index (κ2) is 38.7. The van der Waals surface area contributed by atoms with Crippen LogP contribution in [0.5, 0.6) is 0 Å². The highest BCUT2D eigenvalue weighted by Crippen LogP contribution is 2.43.